The molecule has 1 amide bonds. The van der Waals surface area contributed by atoms with Crippen LogP contribution < -0.4 is 14.4 Å². The second kappa shape index (κ2) is 10.8. The van der Waals surface area contributed by atoms with E-state index in [4.69, 9.17) is 16.3 Å². The van der Waals surface area contributed by atoms with Crippen molar-refractivity contribution in [2.75, 3.05) is 23.7 Å². The molecule has 0 aromatic heterocycles. The zero-order valence-electron chi connectivity index (χ0n) is 18.1. The zero-order chi connectivity index (χ0) is 23.2. The minimum Gasteiger partial charge on any atom is -0.491 e. The van der Waals surface area contributed by atoms with E-state index in [0.29, 0.717) is 5.92 Å². The number of anilines is 1. The van der Waals surface area contributed by atoms with E-state index in [1.165, 1.54) is 12.1 Å². The summed E-state index contributed by atoms with van der Waals surface area (Å²) in [4.78, 5) is 12.8. The molecule has 1 atom stereocenters. The summed E-state index contributed by atoms with van der Waals surface area (Å²) in [6.45, 7) is 6.26. The van der Waals surface area contributed by atoms with Gasteiger partial charge in [0, 0.05) is 0 Å². The van der Waals surface area contributed by atoms with Gasteiger partial charge in [-0.05, 0) is 42.2 Å². The Morgan fingerprint density at radius 2 is 1.90 bits per heavy atom. The molecule has 170 valence electrons. The number of para-hydroxylation sites is 1. The fourth-order valence-electron chi connectivity index (χ4n) is 3.22. The molecule has 0 saturated heterocycles. The lowest BCUT2D eigenvalue weighted by atomic mass is 10.0. The number of halogens is 2. The summed E-state index contributed by atoms with van der Waals surface area (Å²) in [7, 11) is -3.83. The first-order valence-electron chi connectivity index (χ1n) is 10.00. The third kappa shape index (κ3) is 6.58. The Hall–Kier alpha value is -2.32. The molecule has 2 rings (SSSR count). The summed E-state index contributed by atoms with van der Waals surface area (Å²) in [5.41, 5.74) is 1.19. The van der Waals surface area contributed by atoms with Gasteiger partial charge in [-0.3, -0.25) is 9.10 Å². The number of nitrogens with one attached hydrogen (secondary N) is 1. The van der Waals surface area contributed by atoms with Crippen LogP contribution in [0, 0.1) is 5.82 Å². The van der Waals surface area contributed by atoms with Crippen LogP contribution >= 0.6 is 11.6 Å². The number of carbonyl (C=O) groups excluding carboxylic acids is 1. The van der Waals surface area contributed by atoms with E-state index in [2.05, 4.69) is 19.2 Å². The van der Waals surface area contributed by atoms with Crippen LogP contribution in [-0.4, -0.2) is 39.8 Å². The molecule has 0 aliphatic rings. The van der Waals surface area contributed by atoms with Crippen molar-refractivity contribution in [3.63, 3.8) is 0 Å². The first-order valence-corrected chi connectivity index (χ1v) is 12.2. The van der Waals surface area contributed by atoms with Crippen LogP contribution in [0.4, 0.5) is 10.1 Å². The average Bonchev–Trinajstić information content (AvgIpc) is 2.70. The van der Waals surface area contributed by atoms with Gasteiger partial charge in [-0.1, -0.05) is 50.6 Å². The molecule has 0 bridgehead atoms. The van der Waals surface area contributed by atoms with Gasteiger partial charge in [0.1, 0.15) is 24.2 Å². The van der Waals surface area contributed by atoms with Crippen LogP contribution in [0.1, 0.15) is 38.7 Å². The van der Waals surface area contributed by atoms with Gasteiger partial charge in [-0.15, -0.1) is 0 Å². The quantitative estimate of drug-likeness (QED) is 0.524. The van der Waals surface area contributed by atoms with Crippen LogP contribution in [0.2, 0.25) is 5.02 Å². The summed E-state index contributed by atoms with van der Waals surface area (Å²) in [6, 6.07) is 10.2. The molecule has 0 saturated carbocycles. The molecule has 2 aromatic rings. The van der Waals surface area contributed by atoms with Crippen molar-refractivity contribution < 1.29 is 22.3 Å². The monoisotopic (exact) mass is 470 g/mol. The van der Waals surface area contributed by atoms with Gasteiger partial charge in [0.15, 0.2) is 0 Å². The maximum absolute atomic E-state index is 13.5. The molecule has 0 spiro atoms. The second-order valence-electron chi connectivity index (χ2n) is 7.41. The minimum atomic E-state index is -3.83. The van der Waals surface area contributed by atoms with Crippen molar-refractivity contribution in [1.29, 1.82) is 0 Å². The SMILES string of the molecule is CC[C@H](C(=O)NCCOc1ccccc1C(C)C)N(c1ccc(F)c(Cl)c1)S(C)(=O)=O. The molecule has 1 N–H and O–H groups in total. The second-order valence-corrected chi connectivity index (χ2v) is 9.68. The number of rotatable bonds is 10. The Bertz CT molecular complexity index is 1010. The number of ether oxygens (including phenoxy) is 1. The third-order valence-electron chi connectivity index (χ3n) is 4.69. The van der Waals surface area contributed by atoms with Crippen molar-refractivity contribution in [3.8, 4) is 5.75 Å². The van der Waals surface area contributed by atoms with Gasteiger partial charge in [-0.25, -0.2) is 12.8 Å². The van der Waals surface area contributed by atoms with Crippen LogP contribution in [0.5, 0.6) is 5.75 Å². The number of benzene rings is 2. The first kappa shape index (κ1) is 24.9. The van der Waals surface area contributed by atoms with E-state index in [1.807, 2.05) is 24.3 Å². The van der Waals surface area contributed by atoms with Gasteiger partial charge in [-0.2, -0.15) is 0 Å². The van der Waals surface area contributed by atoms with Crippen LogP contribution in [0.15, 0.2) is 42.5 Å². The molecular weight excluding hydrogens is 443 g/mol. The van der Waals surface area contributed by atoms with Crippen molar-refractivity contribution in [1.82, 2.24) is 5.32 Å². The van der Waals surface area contributed by atoms with E-state index in [1.54, 1.807) is 6.92 Å². The maximum Gasteiger partial charge on any atom is 0.244 e. The predicted molar refractivity (Wildman–Crippen MR) is 122 cm³/mol. The van der Waals surface area contributed by atoms with Crippen LogP contribution in [0.25, 0.3) is 0 Å². The Labute approximate surface area is 188 Å². The topological polar surface area (TPSA) is 75.7 Å². The minimum absolute atomic E-state index is 0.123. The summed E-state index contributed by atoms with van der Waals surface area (Å²) in [6.07, 6.45) is 1.21. The standard InChI is InChI=1S/C22H28ClFN2O4S/c1-5-20(26(31(4,28)29)16-10-11-19(24)18(23)14-16)22(27)25-12-13-30-21-9-7-6-8-17(21)15(2)3/h6-11,14-15,20H,5,12-13H2,1-4H3,(H,25,27)/t20-/m1/s1. The number of sulfonamides is 1. The average molecular weight is 471 g/mol. The third-order valence-corrected chi connectivity index (χ3v) is 6.16. The molecule has 31 heavy (non-hydrogen) atoms. The lowest BCUT2D eigenvalue weighted by molar-refractivity contribution is -0.122. The molecule has 0 unspecified atom stereocenters. The molecule has 0 heterocycles. The summed E-state index contributed by atoms with van der Waals surface area (Å²) in [5, 5.41) is 2.50. The highest BCUT2D eigenvalue weighted by atomic mass is 35.5. The highest BCUT2D eigenvalue weighted by Gasteiger charge is 2.31. The molecule has 0 aliphatic heterocycles. The highest BCUT2D eigenvalue weighted by Crippen LogP contribution is 2.28. The van der Waals surface area contributed by atoms with E-state index in [0.717, 1.165) is 27.9 Å². The van der Waals surface area contributed by atoms with Gasteiger partial charge in [0.25, 0.3) is 0 Å². The van der Waals surface area contributed by atoms with E-state index >= 15 is 0 Å². The fraction of sp³-hybridized carbons (Fsp3) is 0.409. The molecule has 0 radical (unpaired) electrons. The van der Waals surface area contributed by atoms with Crippen molar-refractivity contribution in [3.05, 3.63) is 58.9 Å². The molecule has 0 aliphatic carbocycles. The molecular formula is C22H28ClFN2O4S. The van der Waals surface area contributed by atoms with Crippen molar-refractivity contribution in [2.24, 2.45) is 0 Å². The van der Waals surface area contributed by atoms with Gasteiger partial charge in [0.2, 0.25) is 15.9 Å². The van der Waals surface area contributed by atoms with Gasteiger partial charge < -0.3 is 10.1 Å². The molecule has 0 fully saturated rings. The van der Waals surface area contributed by atoms with E-state index < -0.39 is 27.8 Å². The molecule has 9 heteroatoms. The zero-order valence-corrected chi connectivity index (χ0v) is 19.6. The van der Waals surface area contributed by atoms with Gasteiger partial charge >= 0.3 is 0 Å². The number of hydrogen-bond donors (Lipinski definition) is 1. The lowest BCUT2D eigenvalue weighted by Gasteiger charge is -2.30. The summed E-state index contributed by atoms with van der Waals surface area (Å²) >= 11 is 5.82. The lowest BCUT2D eigenvalue weighted by Crippen LogP contribution is -2.50. The van der Waals surface area contributed by atoms with Gasteiger partial charge in [0.05, 0.1) is 23.5 Å². The Morgan fingerprint density at radius 1 is 1.23 bits per heavy atom. The van der Waals surface area contributed by atoms with Crippen LogP contribution in [0.3, 0.4) is 0 Å². The smallest absolute Gasteiger partial charge is 0.244 e. The number of nitrogens with zero attached hydrogens (tertiary/aromatic N) is 1. The Morgan fingerprint density at radius 3 is 2.48 bits per heavy atom. The first-order chi connectivity index (χ1) is 14.6. The summed E-state index contributed by atoms with van der Waals surface area (Å²) < 4.78 is 45.2. The highest BCUT2D eigenvalue weighted by molar-refractivity contribution is 7.92. The summed E-state index contributed by atoms with van der Waals surface area (Å²) in [5.74, 6) is -0.108. The Balaban J connectivity index is 2.09. The van der Waals surface area contributed by atoms with Crippen LogP contribution in [-0.2, 0) is 14.8 Å². The number of hydrogen-bond acceptors (Lipinski definition) is 4. The predicted octanol–water partition coefficient (Wildman–Crippen LogP) is 4.34. The van der Waals surface area contributed by atoms with Crippen molar-refractivity contribution >= 4 is 33.2 Å². The normalized spacial score (nSPS) is 12.5. The number of carbonyl (C=O) groups is 1. The maximum atomic E-state index is 13.5. The van der Waals surface area contributed by atoms with E-state index in [9.17, 15) is 17.6 Å². The largest absolute Gasteiger partial charge is 0.491 e. The Kier molecular flexibility index (Phi) is 8.70. The molecule has 2 aromatic carbocycles. The number of amides is 1. The van der Waals surface area contributed by atoms with Crippen molar-refractivity contribution in [2.45, 2.75) is 39.2 Å². The van der Waals surface area contributed by atoms with E-state index in [-0.39, 0.29) is 30.3 Å². The molecule has 6 nitrogen and oxygen atoms in total. The fourth-order valence-corrected chi connectivity index (χ4v) is 4.60.